The molecule has 2 unspecified atom stereocenters. The molecule has 1 aromatic rings. The maximum absolute atomic E-state index is 12.7. The van der Waals surface area contributed by atoms with E-state index in [-0.39, 0.29) is 18.1 Å². The number of hydrogen-bond donors (Lipinski definition) is 1. The number of ether oxygens (including phenoxy) is 1. The molecule has 2 atom stereocenters. The predicted octanol–water partition coefficient (Wildman–Crippen LogP) is 1.55. The molecule has 0 saturated carbocycles. The van der Waals surface area contributed by atoms with Gasteiger partial charge >= 0.3 is 0 Å². The van der Waals surface area contributed by atoms with E-state index in [0.29, 0.717) is 25.3 Å². The fourth-order valence-corrected chi connectivity index (χ4v) is 2.48. The van der Waals surface area contributed by atoms with Crippen LogP contribution in [0.4, 0.5) is 0 Å². The summed E-state index contributed by atoms with van der Waals surface area (Å²) >= 11 is 0. The SMILES string of the molecule is Cc1cc(C#CCN)cc(C(=O)N2CC(C)OCC2C)c1. The van der Waals surface area contributed by atoms with E-state index in [2.05, 4.69) is 11.8 Å². The van der Waals surface area contributed by atoms with Crippen LogP contribution in [0.3, 0.4) is 0 Å². The maximum atomic E-state index is 12.7. The molecule has 0 spiro atoms. The summed E-state index contributed by atoms with van der Waals surface area (Å²) in [6.45, 7) is 7.48. The van der Waals surface area contributed by atoms with E-state index in [1.54, 1.807) is 0 Å². The first-order chi connectivity index (χ1) is 10.0. The Morgan fingerprint density at radius 1 is 1.43 bits per heavy atom. The lowest BCUT2D eigenvalue weighted by atomic mass is 10.0. The second-order valence-corrected chi connectivity index (χ2v) is 5.54. The average Bonchev–Trinajstić information content (AvgIpc) is 2.46. The molecule has 21 heavy (non-hydrogen) atoms. The molecule has 2 rings (SSSR count). The zero-order chi connectivity index (χ0) is 15.4. The number of nitrogens with zero attached hydrogens (tertiary/aromatic N) is 1. The molecule has 4 nitrogen and oxygen atoms in total. The minimum atomic E-state index is 0.0390. The molecule has 0 aromatic heterocycles. The first kappa shape index (κ1) is 15.6. The predicted molar refractivity (Wildman–Crippen MR) is 83.0 cm³/mol. The van der Waals surface area contributed by atoms with Crippen molar-refractivity contribution in [1.29, 1.82) is 0 Å². The number of aryl methyl sites for hydroxylation is 1. The lowest BCUT2D eigenvalue weighted by Crippen LogP contribution is -2.50. The standard InChI is InChI=1S/C17H22N2O2/c1-12-7-15(5-4-6-18)9-16(8-12)17(20)19-10-14(3)21-11-13(19)2/h7-9,13-14H,6,10-11,18H2,1-3H3. The summed E-state index contributed by atoms with van der Waals surface area (Å²) in [6.07, 6.45) is 0.0754. The Hall–Kier alpha value is -1.83. The molecule has 1 saturated heterocycles. The Morgan fingerprint density at radius 3 is 2.90 bits per heavy atom. The Labute approximate surface area is 126 Å². The lowest BCUT2D eigenvalue weighted by Gasteiger charge is -2.37. The normalized spacial score (nSPS) is 21.6. The van der Waals surface area contributed by atoms with Crippen molar-refractivity contribution in [3.63, 3.8) is 0 Å². The zero-order valence-electron chi connectivity index (χ0n) is 12.8. The molecule has 2 N–H and O–H groups in total. The summed E-state index contributed by atoms with van der Waals surface area (Å²) in [7, 11) is 0. The van der Waals surface area contributed by atoms with Gasteiger partial charge in [0.25, 0.3) is 5.91 Å². The molecule has 0 radical (unpaired) electrons. The Morgan fingerprint density at radius 2 is 2.19 bits per heavy atom. The molecule has 1 heterocycles. The molecule has 1 fully saturated rings. The molecular weight excluding hydrogens is 264 g/mol. The quantitative estimate of drug-likeness (QED) is 0.797. The third kappa shape index (κ3) is 3.84. The van der Waals surface area contributed by atoms with E-state index in [1.807, 2.05) is 43.9 Å². The van der Waals surface area contributed by atoms with Crippen LogP contribution in [0.5, 0.6) is 0 Å². The van der Waals surface area contributed by atoms with Gasteiger partial charge in [-0.05, 0) is 44.5 Å². The second kappa shape index (κ2) is 6.75. The number of rotatable bonds is 1. The number of hydrogen-bond acceptors (Lipinski definition) is 3. The maximum Gasteiger partial charge on any atom is 0.254 e. The van der Waals surface area contributed by atoms with Crippen molar-refractivity contribution in [2.24, 2.45) is 5.73 Å². The summed E-state index contributed by atoms with van der Waals surface area (Å²) in [5, 5.41) is 0. The number of amides is 1. The van der Waals surface area contributed by atoms with E-state index >= 15 is 0 Å². The van der Waals surface area contributed by atoms with Crippen LogP contribution in [0.1, 0.15) is 35.3 Å². The molecular formula is C17H22N2O2. The number of carbonyl (C=O) groups excluding carboxylic acids is 1. The highest BCUT2D eigenvalue weighted by atomic mass is 16.5. The van der Waals surface area contributed by atoms with Crippen LogP contribution in [0.15, 0.2) is 18.2 Å². The molecule has 0 aliphatic carbocycles. The van der Waals surface area contributed by atoms with Gasteiger partial charge in [0, 0.05) is 17.7 Å². The summed E-state index contributed by atoms with van der Waals surface area (Å²) in [5.41, 5.74) is 7.93. The average molecular weight is 286 g/mol. The summed E-state index contributed by atoms with van der Waals surface area (Å²) in [6, 6.07) is 5.80. The van der Waals surface area contributed by atoms with Gasteiger partial charge in [-0.15, -0.1) is 0 Å². The van der Waals surface area contributed by atoms with Gasteiger partial charge in [0.2, 0.25) is 0 Å². The third-order valence-electron chi connectivity index (χ3n) is 3.53. The Balaban J connectivity index is 2.27. The molecule has 1 aromatic carbocycles. The van der Waals surface area contributed by atoms with Crippen LogP contribution in [-0.4, -0.2) is 42.6 Å². The fraction of sp³-hybridized carbons (Fsp3) is 0.471. The highest BCUT2D eigenvalue weighted by Gasteiger charge is 2.28. The number of morpholine rings is 1. The zero-order valence-corrected chi connectivity index (χ0v) is 12.8. The number of nitrogens with two attached hydrogens (primary N) is 1. The third-order valence-corrected chi connectivity index (χ3v) is 3.53. The van der Waals surface area contributed by atoms with Crippen molar-refractivity contribution in [3.05, 3.63) is 34.9 Å². The van der Waals surface area contributed by atoms with Gasteiger partial charge in [-0.2, -0.15) is 0 Å². The van der Waals surface area contributed by atoms with Crippen molar-refractivity contribution in [1.82, 2.24) is 4.90 Å². The van der Waals surface area contributed by atoms with Gasteiger partial charge in [0.1, 0.15) is 0 Å². The van der Waals surface area contributed by atoms with Gasteiger partial charge in [0.05, 0.1) is 25.3 Å². The molecule has 112 valence electrons. The van der Waals surface area contributed by atoms with Crippen LogP contribution >= 0.6 is 0 Å². The van der Waals surface area contributed by atoms with Crippen molar-refractivity contribution < 1.29 is 9.53 Å². The molecule has 1 aliphatic heterocycles. The van der Waals surface area contributed by atoms with Crippen molar-refractivity contribution >= 4 is 5.91 Å². The largest absolute Gasteiger partial charge is 0.375 e. The van der Waals surface area contributed by atoms with E-state index in [9.17, 15) is 4.79 Å². The van der Waals surface area contributed by atoms with Crippen molar-refractivity contribution in [3.8, 4) is 11.8 Å². The minimum absolute atomic E-state index is 0.0390. The van der Waals surface area contributed by atoms with E-state index < -0.39 is 0 Å². The Bertz CT molecular complexity index is 586. The molecule has 0 bridgehead atoms. The second-order valence-electron chi connectivity index (χ2n) is 5.54. The van der Waals surface area contributed by atoms with Crippen LogP contribution in [0.2, 0.25) is 0 Å². The summed E-state index contributed by atoms with van der Waals surface area (Å²) in [4.78, 5) is 14.6. The van der Waals surface area contributed by atoms with Crippen molar-refractivity contribution in [2.45, 2.75) is 32.9 Å². The van der Waals surface area contributed by atoms with Crippen LogP contribution in [0, 0.1) is 18.8 Å². The smallest absolute Gasteiger partial charge is 0.254 e. The molecule has 1 amide bonds. The summed E-state index contributed by atoms with van der Waals surface area (Å²) in [5.74, 6) is 5.86. The topological polar surface area (TPSA) is 55.6 Å². The lowest BCUT2D eigenvalue weighted by molar-refractivity contribution is -0.0387. The minimum Gasteiger partial charge on any atom is -0.375 e. The summed E-state index contributed by atoms with van der Waals surface area (Å²) < 4.78 is 5.58. The van der Waals surface area contributed by atoms with Crippen LogP contribution in [0.25, 0.3) is 0 Å². The van der Waals surface area contributed by atoms with Crippen molar-refractivity contribution in [2.75, 3.05) is 19.7 Å². The number of benzene rings is 1. The van der Waals surface area contributed by atoms with Crippen LogP contribution in [-0.2, 0) is 4.74 Å². The van der Waals surface area contributed by atoms with Gasteiger partial charge < -0.3 is 15.4 Å². The Kier molecular flexibility index (Phi) is 5.00. The van der Waals surface area contributed by atoms with Gasteiger partial charge in [0.15, 0.2) is 0 Å². The molecule has 1 aliphatic rings. The van der Waals surface area contributed by atoms with E-state index in [1.165, 1.54) is 0 Å². The van der Waals surface area contributed by atoms with Gasteiger partial charge in [-0.3, -0.25) is 4.79 Å². The first-order valence-corrected chi connectivity index (χ1v) is 7.24. The highest BCUT2D eigenvalue weighted by Crippen LogP contribution is 2.17. The number of carbonyl (C=O) groups is 1. The monoisotopic (exact) mass is 286 g/mol. The molecule has 4 heteroatoms. The van der Waals surface area contributed by atoms with Gasteiger partial charge in [-0.1, -0.05) is 11.8 Å². The fourth-order valence-electron chi connectivity index (χ4n) is 2.48. The first-order valence-electron chi connectivity index (χ1n) is 7.24. The van der Waals surface area contributed by atoms with Gasteiger partial charge in [-0.25, -0.2) is 0 Å². The van der Waals surface area contributed by atoms with E-state index in [0.717, 1.165) is 11.1 Å². The van der Waals surface area contributed by atoms with E-state index in [4.69, 9.17) is 10.5 Å². The van der Waals surface area contributed by atoms with Crippen LogP contribution < -0.4 is 5.73 Å². The highest BCUT2D eigenvalue weighted by molar-refractivity contribution is 5.95.